The van der Waals surface area contributed by atoms with E-state index in [4.69, 9.17) is 23.7 Å². The molecule has 0 amide bonds. The Hall–Kier alpha value is -0.200. The van der Waals surface area contributed by atoms with Crippen LogP contribution in [-0.2, 0) is 23.7 Å². The number of ether oxygens (including phenoxy) is 5. The van der Waals surface area contributed by atoms with E-state index in [1.54, 1.807) is 0 Å². The molecule has 0 spiro atoms. The predicted molar refractivity (Wildman–Crippen MR) is 70.0 cm³/mol. The Labute approximate surface area is 111 Å². The van der Waals surface area contributed by atoms with E-state index in [0.717, 1.165) is 13.2 Å². The van der Waals surface area contributed by atoms with Crippen LogP contribution in [-0.4, -0.2) is 65.6 Å². The largest absolute Gasteiger partial charge is 0.379 e. The van der Waals surface area contributed by atoms with Crippen molar-refractivity contribution in [1.29, 1.82) is 0 Å². The van der Waals surface area contributed by atoms with Crippen LogP contribution >= 0.6 is 0 Å². The molecule has 0 aliphatic heterocycles. The average Bonchev–Trinajstić information content (AvgIpc) is 2.36. The third-order valence-electron chi connectivity index (χ3n) is 2.12. The van der Waals surface area contributed by atoms with Gasteiger partial charge in [-0.05, 0) is 20.8 Å². The molecule has 0 heterocycles. The Kier molecular flexibility index (Phi) is 14.7. The molecule has 0 bridgehead atoms. The zero-order chi connectivity index (χ0) is 13.5. The van der Waals surface area contributed by atoms with E-state index in [2.05, 4.69) is 0 Å². The normalized spacial score (nSPS) is 12.8. The summed E-state index contributed by atoms with van der Waals surface area (Å²) in [6.07, 6.45) is 0.150. The minimum Gasteiger partial charge on any atom is -0.379 e. The van der Waals surface area contributed by atoms with Gasteiger partial charge in [0.25, 0.3) is 0 Å². The maximum atomic E-state index is 5.40. The fraction of sp³-hybridized carbons (Fsp3) is 1.00. The average molecular weight is 264 g/mol. The van der Waals surface area contributed by atoms with Crippen molar-refractivity contribution >= 4 is 0 Å². The van der Waals surface area contributed by atoms with Crippen LogP contribution < -0.4 is 0 Å². The fourth-order valence-electron chi connectivity index (χ4n) is 1.28. The van der Waals surface area contributed by atoms with Crippen LogP contribution in [0.1, 0.15) is 20.8 Å². The van der Waals surface area contributed by atoms with Crippen molar-refractivity contribution in [3.63, 3.8) is 0 Å². The summed E-state index contributed by atoms with van der Waals surface area (Å²) in [5, 5.41) is 0. The molecule has 0 aromatic heterocycles. The Morgan fingerprint density at radius 3 is 1.67 bits per heavy atom. The molecule has 110 valence electrons. The van der Waals surface area contributed by atoms with Gasteiger partial charge < -0.3 is 23.7 Å². The van der Waals surface area contributed by atoms with Crippen molar-refractivity contribution in [2.45, 2.75) is 26.9 Å². The third kappa shape index (κ3) is 13.9. The van der Waals surface area contributed by atoms with Crippen molar-refractivity contribution < 1.29 is 23.7 Å². The quantitative estimate of drug-likeness (QED) is 0.445. The molecule has 1 atom stereocenters. The van der Waals surface area contributed by atoms with E-state index in [1.165, 1.54) is 0 Å². The second-order valence-electron chi connectivity index (χ2n) is 3.76. The van der Waals surface area contributed by atoms with E-state index < -0.39 is 0 Å². The number of hydrogen-bond acceptors (Lipinski definition) is 5. The first-order valence-electron chi connectivity index (χ1n) is 6.73. The molecule has 0 radical (unpaired) electrons. The highest BCUT2D eigenvalue weighted by Gasteiger charge is 1.99. The lowest BCUT2D eigenvalue weighted by molar-refractivity contribution is -0.0294. The van der Waals surface area contributed by atoms with Crippen LogP contribution in [0.2, 0.25) is 0 Å². The standard InChI is InChI=1S/C13H28O5/c1-4-14-6-7-15-8-9-16-10-11-17-12-13(3)18-5-2/h13H,4-12H2,1-3H3. The van der Waals surface area contributed by atoms with Crippen LogP contribution in [0.15, 0.2) is 0 Å². The molecule has 1 unspecified atom stereocenters. The van der Waals surface area contributed by atoms with Crippen molar-refractivity contribution in [1.82, 2.24) is 0 Å². The Balaban J connectivity index is 2.98. The van der Waals surface area contributed by atoms with Crippen LogP contribution in [0, 0.1) is 0 Å². The topological polar surface area (TPSA) is 46.2 Å². The maximum absolute atomic E-state index is 5.40. The van der Waals surface area contributed by atoms with Crippen LogP contribution in [0.3, 0.4) is 0 Å². The third-order valence-corrected chi connectivity index (χ3v) is 2.12. The van der Waals surface area contributed by atoms with E-state index in [-0.39, 0.29) is 6.10 Å². The van der Waals surface area contributed by atoms with Crippen molar-refractivity contribution in [3.05, 3.63) is 0 Å². The van der Waals surface area contributed by atoms with Gasteiger partial charge in [-0.25, -0.2) is 0 Å². The summed E-state index contributed by atoms with van der Waals surface area (Å²) in [5.41, 5.74) is 0. The lowest BCUT2D eigenvalue weighted by Crippen LogP contribution is -2.18. The summed E-state index contributed by atoms with van der Waals surface area (Å²) < 4.78 is 26.5. The molecule has 0 rings (SSSR count). The molecule has 0 aliphatic rings. The summed E-state index contributed by atoms with van der Waals surface area (Å²) in [6.45, 7) is 11.7. The molecule has 0 saturated heterocycles. The second kappa shape index (κ2) is 14.9. The summed E-state index contributed by atoms with van der Waals surface area (Å²) in [6, 6.07) is 0. The van der Waals surface area contributed by atoms with Gasteiger partial charge in [0.1, 0.15) is 0 Å². The van der Waals surface area contributed by atoms with E-state index in [9.17, 15) is 0 Å². The predicted octanol–water partition coefficient (Wildman–Crippen LogP) is 1.50. The molecule has 18 heavy (non-hydrogen) atoms. The molecule has 5 nitrogen and oxygen atoms in total. The molecule has 5 heteroatoms. The van der Waals surface area contributed by atoms with E-state index in [1.807, 2.05) is 20.8 Å². The molecule has 0 N–H and O–H groups in total. The van der Waals surface area contributed by atoms with Crippen molar-refractivity contribution in [3.8, 4) is 0 Å². The van der Waals surface area contributed by atoms with Crippen molar-refractivity contribution in [2.75, 3.05) is 59.5 Å². The monoisotopic (exact) mass is 264 g/mol. The fourth-order valence-corrected chi connectivity index (χ4v) is 1.28. The van der Waals surface area contributed by atoms with Gasteiger partial charge in [0.05, 0.1) is 52.4 Å². The van der Waals surface area contributed by atoms with Gasteiger partial charge in [0.2, 0.25) is 0 Å². The minimum atomic E-state index is 0.150. The van der Waals surface area contributed by atoms with Gasteiger partial charge in [-0.1, -0.05) is 0 Å². The number of hydrogen-bond donors (Lipinski definition) is 0. The first kappa shape index (κ1) is 17.8. The molecule has 0 fully saturated rings. The van der Waals surface area contributed by atoms with E-state index >= 15 is 0 Å². The molecular weight excluding hydrogens is 236 g/mol. The van der Waals surface area contributed by atoms with Crippen molar-refractivity contribution in [2.24, 2.45) is 0 Å². The molecular formula is C13H28O5. The molecule has 0 saturated carbocycles. The Morgan fingerprint density at radius 1 is 0.667 bits per heavy atom. The first-order valence-corrected chi connectivity index (χ1v) is 6.73. The second-order valence-corrected chi connectivity index (χ2v) is 3.76. The number of rotatable bonds is 14. The van der Waals surface area contributed by atoms with Gasteiger partial charge in [0, 0.05) is 13.2 Å². The van der Waals surface area contributed by atoms with Gasteiger partial charge in [-0.15, -0.1) is 0 Å². The molecule has 0 aromatic rings. The van der Waals surface area contributed by atoms with E-state index in [0.29, 0.717) is 46.2 Å². The Bertz CT molecular complexity index is 154. The van der Waals surface area contributed by atoms with Crippen LogP contribution in [0.5, 0.6) is 0 Å². The lowest BCUT2D eigenvalue weighted by atomic mass is 10.4. The smallest absolute Gasteiger partial charge is 0.0780 e. The zero-order valence-corrected chi connectivity index (χ0v) is 12.0. The van der Waals surface area contributed by atoms with Crippen LogP contribution in [0.25, 0.3) is 0 Å². The zero-order valence-electron chi connectivity index (χ0n) is 12.0. The van der Waals surface area contributed by atoms with Crippen LogP contribution in [0.4, 0.5) is 0 Å². The Morgan fingerprint density at radius 2 is 1.17 bits per heavy atom. The minimum absolute atomic E-state index is 0.150. The molecule has 0 aliphatic carbocycles. The highest BCUT2D eigenvalue weighted by molar-refractivity contribution is 4.45. The summed E-state index contributed by atoms with van der Waals surface area (Å²) >= 11 is 0. The highest BCUT2D eigenvalue weighted by Crippen LogP contribution is 1.91. The van der Waals surface area contributed by atoms with Gasteiger partial charge >= 0.3 is 0 Å². The summed E-state index contributed by atoms with van der Waals surface area (Å²) in [5.74, 6) is 0. The van der Waals surface area contributed by atoms with Gasteiger partial charge in [0.15, 0.2) is 0 Å². The molecule has 0 aromatic carbocycles. The van der Waals surface area contributed by atoms with Gasteiger partial charge in [-0.2, -0.15) is 0 Å². The maximum Gasteiger partial charge on any atom is 0.0780 e. The SMILES string of the molecule is CCOCCOCCOCCOCC(C)OCC. The first-order chi connectivity index (χ1) is 8.81. The lowest BCUT2D eigenvalue weighted by Gasteiger charge is -2.12. The van der Waals surface area contributed by atoms with Gasteiger partial charge in [-0.3, -0.25) is 0 Å². The highest BCUT2D eigenvalue weighted by atomic mass is 16.6. The summed E-state index contributed by atoms with van der Waals surface area (Å²) in [7, 11) is 0. The summed E-state index contributed by atoms with van der Waals surface area (Å²) in [4.78, 5) is 0.